The van der Waals surface area contributed by atoms with Crippen LogP contribution in [0.4, 0.5) is 14.5 Å². The molecule has 11 heavy (non-hydrogen) atoms. The van der Waals surface area contributed by atoms with Crippen molar-refractivity contribution in [2.45, 2.75) is 0 Å². The Hall–Kier alpha value is -1.16. The van der Waals surface area contributed by atoms with Crippen LogP contribution >= 0.6 is 0 Å². The molecule has 0 radical (unpaired) electrons. The van der Waals surface area contributed by atoms with Crippen molar-refractivity contribution >= 4 is 5.69 Å². The van der Waals surface area contributed by atoms with Crippen molar-refractivity contribution in [3.63, 3.8) is 0 Å². The highest BCUT2D eigenvalue weighted by molar-refractivity contribution is 5.45. The Bertz CT molecular complexity index is 230. The van der Waals surface area contributed by atoms with Gasteiger partial charge in [0.2, 0.25) is 0 Å². The number of anilines is 1. The van der Waals surface area contributed by atoms with Crippen LogP contribution < -0.4 is 11.1 Å². The number of hydrogen-bond acceptors (Lipinski definition) is 2. The van der Waals surface area contributed by atoms with Gasteiger partial charge in [0.25, 0.3) is 0 Å². The molecule has 0 atom stereocenters. The molecular weight excluding hydrogens is 150 g/mol. The van der Waals surface area contributed by atoms with E-state index in [4.69, 9.17) is 5.73 Å². The van der Waals surface area contributed by atoms with Crippen molar-refractivity contribution < 1.29 is 8.78 Å². The van der Waals surface area contributed by atoms with E-state index >= 15 is 0 Å². The maximum absolute atomic E-state index is 12.7. The van der Waals surface area contributed by atoms with Crippen molar-refractivity contribution in [2.24, 2.45) is 5.73 Å². The van der Waals surface area contributed by atoms with Crippen LogP contribution in [0.1, 0.15) is 0 Å². The molecule has 0 aliphatic heterocycles. The van der Waals surface area contributed by atoms with E-state index in [0.717, 1.165) is 0 Å². The first-order chi connectivity index (χ1) is 5.25. The number of nitrogens with two attached hydrogens (primary N) is 1. The highest BCUT2D eigenvalue weighted by Gasteiger charge is 2.04. The van der Waals surface area contributed by atoms with E-state index in [9.17, 15) is 8.78 Å². The van der Waals surface area contributed by atoms with Crippen LogP contribution in [0.15, 0.2) is 18.2 Å². The number of halogens is 2. The summed E-state index contributed by atoms with van der Waals surface area (Å²) in [5.74, 6) is -1.26. The first-order valence-corrected chi connectivity index (χ1v) is 3.13. The molecule has 0 heterocycles. The molecule has 0 unspecified atom stereocenters. The van der Waals surface area contributed by atoms with Gasteiger partial charge in [-0.2, -0.15) is 0 Å². The Kier molecular flexibility index (Phi) is 2.38. The Labute approximate surface area is 63.0 Å². The van der Waals surface area contributed by atoms with Gasteiger partial charge in [-0.3, -0.25) is 0 Å². The summed E-state index contributed by atoms with van der Waals surface area (Å²) in [7, 11) is 0. The first-order valence-electron chi connectivity index (χ1n) is 3.13. The summed E-state index contributed by atoms with van der Waals surface area (Å²) in [6.07, 6.45) is 0. The highest BCUT2D eigenvalue weighted by atomic mass is 19.1. The summed E-state index contributed by atoms with van der Waals surface area (Å²) in [6.45, 7) is 0.0118. The van der Waals surface area contributed by atoms with Gasteiger partial charge in [-0.05, 0) is 12.1 Å². The molecule has 1 rings (SSSR count). The Morgan fingerprint density at radius 2 is 1.82 bits per heavy atom. The Morgan fingerprint density at radius 1 is 1.27 bits per heavy atom. The van der Waals surface area contributed by atoms with Crippen molar-refractivity contribution in [2.75, 3.05) is 12.0 Å². The summed E-state index contributed by atoms with van der Waals surface area (Å²) in [5, 5.41) is 2.37. The monoisotopic (exact) mass is 158 g/mol. The van der Waals surface area contributed by atoms with E-state index in [2.05, 4.69) is 5.32 Å². The molecule has 0 saturated heterocycles. The molecule has 60 valence electrons. The topological polar surface area (TPSA) is 38.0 Å². The molecule has 2 nitrogen and oxygen atoms in total. The fourth-order valence-corrected chi connectivity index (χ4v) is 0.769. The minimum atomic E-state index is -0.629. The second kappa shape index (κ2) is 3.30. The van der Waals surface area contributed by atoms with Gasteiger partial charge in [0.15, 0.2) is 0 Å². The molecule has 1 aromatic rings. The molecule has 0 aliphatic rings. The van der Waals surface area contributed by atoms with Gasteiger partial charge in [0, 0.05) is 0 Å². The molecule has 3 N–H and O–H groups in total. The summed E-state index contributed by atoms with van der Waals surface area (Å²) < 4.78 is 25.4. The molecule has 0 aromatic heterocycles. The largest absolute Gasteiger partial charge is 0.368 e. The first kappa shape index (κ1) is 7.94. The second-order valence-corrected chi connectivity index (χ2v) is 1.98. The summed E-state index contributed by atoms with van der Waals surface area (Å²) in [5.41, 5.74) is 4.88. The predicted octanol–water partition coefficient (Wildman–Crippen LogP) is 1.29. The van der Waals surface area contributed by atoms with Crippen LogP contribution in [-0.2, 0) is 0 Å². The predicted molar refractivity (Wildman–Crippen MR) is 39.0 cm³/mol. The van der Waals surface area contributed by atoms with Crippen LogP contribution in [0.25, 0.3) is 0 Å². The van der Waals surface area contributed by atoms with Crippen LogP contribution in [0.5, 0.6) is 0 Å². The minimum Gasteiger partial charge on any atom is -0.368 e. The lowest BCUT2D eigenvalue weighted by Crippen LogP contribution is -2.13. The molecule has 0 spiro atoms. The normalized spacial score (nSPS) is 9.73. The van der Waals surface area contributed by atoms with Gasteiger partial charge in [0.05, 0.1) is 6.67 Å². The average Bonchev–Trinajstić information content (AvgIpc) is 1.97. The Morgan fingerprint density at radius 3 is 2.27 bits per heavy atom. The van der Waals surface area contributed by atoms with E-state index in [1.54, 1.807) is 0 Å². The lowest BCUT2D eigenvalue weighted by Gasteiger charge is -2.04. The van der Waals surface area contributed by atoms with E-state index < -0.39 is 11.6 Å². The SMILES string of the molecule is NCNc1c(F)cccc1F. The number of benzene rings is 1. The number of rotatable bonds is 2. The zero-order valence-electron chi connectivity index (χ0n) is 5.77. The second-order valence-electron chi connectivity index (χ2n) is 1.98. The van der Waals surface area contributed by atoms with Crippen LogP contribution in [0.3, 0.4) is 0 Å². The van der Waals surface area contributed by atoms with Crippen LogP contribution in [0.2, 0.25) is 0 Å². The maximum Gasteiger partial charge on any atom is 0.149 e. The molecule has 0 aliphatic carbocycles. The zero-order chi connectivity index (χ0) is 8.27. The summed E-state index contributed by atoms with van der Waals surface area (Å²) >= 11 is 0. The fraction of sp³-hybridized carbons (Fsp3) is 0.143. The number of hydrogen-bond donors (Lipinski definition) is 2. The van der Waals surface area contributed by atoms with Gasteiger partial charge in [-0.25, -0.2) is 8.78 Å². The standard InChI is InChI=1S/C7H8F2N2/c8-5-2-1-3-6(9)7(5)11-4-10/h1-3,11H,4,10H2. The molecule has 0 amide bonds. The minimum absolute atomic E-state index is 0.0118. The van der Waals surface area contributed by atoms with Crippen molar-refractivity contribution in [1.29, 1.82) is 0 Å². The molecular formula is C7H8F2N2. The molecule has 1 aromatic carbocycles. The van der Waals surface area contributed by atoms with Crippen molar-refractivity contribution in [3.8, 4) is 0 Å². The third-order valence-electron chi connectivity index (χ3n) is 1.24. The van der Waals surface area contributed by atoms with Gasteiger partial charge >= 0.3 is 0 Å². The third-order valence-corrected chi connectivity index (χ3v) is 1.24. The van der Waals surface area contributed by atoms with Gasteiger partial charge < -0.3 is 11.1 Å². The molecule has 0 saturated carbocycles. The summed E-state index contributed by atoms with van der Waals surface area (Å²) in [6, 6.07) is 3.63. The van der Waals surface area contributed by atoms with Gasteiger partial charge in [-0.15, -0.1) is 0 Å². The fourth-order valence-electron chi connectivity index (χ4n) is 0.769. The average molecular weight is 158 g/mol. The van der Waals surface area contributed by atoms with E-state index in [-0.39, 0.29) is 12.4 Å². The smallest absolute Gasteiger partial charge is 0.149 e. The maximum atomic E-state index is 12.7. The third kappa shape index (κ3) is 1.65. The number of nitrogens with one attached hydrogen (secondary N) is 1. The lowest BCUT2D eigenvalue weighted by atomic mass is 10.3. The van der Waals surface area contributed by atoms with Crippen molar-refractivity contribution in [1.82, 2.24) is 0 Å². The highest BCUT2D eigenvalue weighted by Crippen LogP contribution is 2.16. The number of para-hydroxylation sites is 1. The van der Waals surface area contributed by atoms with Crippen LogP contribution in [0, 0.1) is 11.6 Å². The summed E-state index contributed by atoms with van der Waals surface area (Å²) in [4.78, 5) is 0. The molecule has 0 fully saturated rings. The zero-order valence-corrected chi connectivity index (χ0v) is 5.77. The Balaban J connectivity index is 3.00. The van der Waals surface area contributed by atoms with Gasteiger partial charge in [-0.1, -0.05) is 6.07 Å². The quantitative estimate of drug-likeness (QED) is 0.636. The lowest BCUT2D eigenvalue weighted by molar-refractivity contribution is 0.588. The van der Waals surface area contributed by atoms with Crippen LogP contribution in [-0.4, -0.2) is 6.67 Å². The van der Waals surface area contributed by atoms with E-state index in [1.165, 1.54) is 18.2 Å². The van der Waals surface area contributed by atoms with Crippen molar-refractivity contribution in [3.05, 3.63) is 29.8 Å². The van der Waals surface area contributed by atoms with Gasteiger partial charge in [0.1, 0.15) is 17.3 Å². The van der Waals surface area contributed by atoms with E-state index in [0.29, 0.717) is 0 Å². The molecule has 0 bridgehead atoms. The van der Waals surface area contributed by atoms with E-state index in [1.807, 2.05) is 0 Å². The molecule has 4 heteroatoms.